The summed E-state index contributed by atoms with van der Waals surface area (Å²) in [6, 6.07) is 5.10. The van der Waals surface area contributed by atoms with E-state index in [4.69, 9.17) is 58.5 Å². The maximum atomic E-state index is 12.8. The molecule has 0 radical (unpaired) electrons. The van der Waals surface area contributed by atoms with Gasteiger partial charge in [0.25, 0.3) is 5.91 Å². The number of nitrogens with one attached hydrogen (secondary N) is 1. The third kappa shape index (κ3) is 12.9. The summed E-state index contributed by atoms with van der Waals surface area (Å²) in [7, 11) is 1.52. The molecule has 4 unspecified atom stereocenters. The minimum absolute atomic E-state index is 0.0809. The van der Waals surface area contributed by atoms with Crippen LogP contribution in [0.2, 0.25) is 0 Å². The third-order valence-electron chi connectivity index (χ3n) is 8.89. The minimum Gasteiger partial charge on any atom is -0.468 e. The molecule has 0 spiro atoms. The molecular formula is C36H49Cl3N2O11S2. The van der Waals surface area contributed by atoms with E-state index >= 15 is 0 Å². The summed E-state index contributed by atoms with van der Waals surface area (Å²) in [4.78, 5) is 62.4. The number of methoxy groups -OCH3 is 2. The van der Waals surface area contributed by atoms with E-state index in [0.717, 1.165) is 44.3 Å². The van der Waals surface area contributed by atoms with Gasteiger partial charge in [0, 0.05) is 34.0 Å². The van der Waals surface area contributed by atoms with Crippen LogP contribution in [-0.2, 0) is 55.4 Å². The number of β-lactam (4-membered cyclic amide) rings is 1. The highest BCUT2D eigenvalue weighted by molar-refractivity contribution is 8.00. The summed E-state index contributed by atoms with van der Waals surface area (Å²) in [5, 5.41) is 1.45. The fourth-order valence-corrected chi connectivity index (χ4v) is 9.08. The maximum Gasteiger partial charge on any atom is 0.355 e. The van der Waals surface area contributed by atoms with Gasteiger partial charge in [-0.05, 0) is 49.5 Å². The van der Waals surface area contributed by atoms with Crippen LogP contribution in [0, 0.1) is 5.92 Å². The molecule has 1 saturated heterocycles. The summed E-state index contributed by atoms with van der Waals surface area (Å²) < 4.78 is 35.6. The van der Waals surface area contributed by atoms with Crippen molar-refractivity contribution in [1.29, 1.82) is 0 Å². The van der Waals surface area contributed by atoms with Crippen molar-refractivity contribution in [3.63, 3.8) is 0 Å². The number of carbonyl (C=O) groups is 5. The van der Waals surface area contributed by atoms with E-state index in [9.17, 15) is 28.2 Å². The lowest BCUT2D eigenvalue weighted by Gasteiger charge is -2.51. The zero-order chi connectivity index (χ0) is 40.2. The van der Waals surface area contributed by atoms with Crippen LogP contribution in [0.25, 0.3) is 0 Å². The number of hydrogen-bond acceptors (Lipinski definition) is 12. The van der Waals surface area contributed by atoms with Crippen LogP contribution < -0.4 is 14.8 Å². The summed E-state index contributed by atoms with van der Waals surface area (Å²) >= 11 is 18.1. The van der Waals surface area contributed by atoms with Crippen molar-refractivity contribution in [1.82, 2.24) is 10.2 Å². The molecule has 1 aromatic carbocycles. The first-order valence-corrected chi connectivity index (χ1v) is 21.1. The van der Waals surface area contributed by atoms with E-state index in [-0.39, 0.29) is 17.4 Å². The molecule has 3 heterocycles. The number of nitrogens with zero attached hydrogens (tertiary/aromatic N) is 1. The van der Waals surface area contributed by atoms with E-state index in [1.54, 1.807) is 6.92 Å². The smallest absolute Gasteiger partial charge is 0.355 e. The number of unbranched alkanes of at least 4 members (excludes halogenated alkanes) is 5. The maximum absolute atomic E-state index is 12.8. The van der Waals surface area contributed by atoms with Crippen molar-refractivity contribution >= 4 is 87.1 Å². The highest BCUT2D eigenvalue weighted by Crippen LogP contribution is 2.46. The van der Waals surface area contributed by atoms with Gasteiger partial charge in [0.15, 0.2) is 17.4 Å². The Morgan fingerprint density at radius 1 is 1.04 bits per heavy atom. The largest absolute Gasteiger partial charge is 0.468 e. The molecule has 1 fully saturated rings. The lowest BCUT2D eigenvalue weighted by molar-refractivity contribution is -0.159. The van der Waals surface area contributed by atoms with Gasteiger partial charge in [0.05, 0.1) is 14.2 Å². The quantitative estimate of drug-likeness (QED) is 0.0504. The van der Waals surface area contributed by atoms with Gasteiger partial charge < -0.3 is 29.0 Å². The van der Waals surface area contributed by atoms with Gasteiger partial charge in [-0.15, -0.1) is 11.8 Å². The van der Waals surface area contributed by atoms with Gasteiger partial charge >= 0.3 is 17.9 Å². The Hall–Kier alpha value is -2.72. The first kappa shape index (κ1) is 45.7. The van der Waals surface area contributed by atoms with Gasteiger partial charge in [-0.2, -0.15) is 0 Å². The molecule has 13 nitrogen and oxygen atoms in total. The van der Waals surface area contributed by atoms with Gasteiger partial charge in [-0.25, -0.2) is 4.79 Å². The fourth-order valence-electron chi connectivity index (χ4n) is 6.02. The number of carbonyl (C=O) groups excluding carboxylic acids is 5. The van der Waals surface area contributed by atoms with Crippen molar-refractivity contribution in [2.45, 2.75) is 105 Å². The topological polar surface area (TPSA) is 164 Å². The lowest BCUT2D eigenvalue weighted by Crippen LogP contribution is -2.71. The number of benzene rings is 1. The van der Waals surface area contributed by atoms with Crippen molar-refractivity contribution in [3.8, 4) is 11.5 Å². The van der Waals surface area contributed by atoms with Crippen LogP contribution in [-0.4, -0.2) is 97.9 Å². The monoisotopic (exact) mass is 854 g/mol. The number of ether oxygens (including phenoxy) is 5. The zero-order valence-electron chi connectivity index (χ0n) is 31.3. The fraction of sp³-hybridized carbons (Fsp3) is 0.639. The molecule has 2 amide bonds. The van der Waals surface area contributed by atoms with Crippen LogP contribution in [0.3, 0.4) is 0 Å². The predicted octanol–water partition coefficient (Wildman–Crippen LogP) is 5.77. The number of halogens is 3. The summed E-state index contributed by atoms with van der Waals surface area (Å²) in [5.74, 6) is -2.31. The SMILES string of the molecule is CCCCCCCCS(=O)C(C)Cc1ccc2c(c1)OCO2.COC(=O)C(CC1S[C@@H]2C(NC(C)=O)C(=O)N2C(C(=O)OCC(Cl)(Cl)Cl)=C1C)C(=O)OC. The van der Waals surface area contributed by atoms with Crippen molar-refractivity contribution in [2.75, 3.05) is 33.4 Å². The Kier molecular flexibility index (Phi) is 18.2. The molecule has 5 atom stereocenters. The third-order valence-corrected chi connectivity index (χ3v) is 12.6. The Labute approximate surface area is 338 Å². The number of fused-ring (bicyclic) bond motifs is 2. The molecule has 0 aromatic heterocycles. The molecule has 54 heavy (non-hydrogen) atoms. The van der Waals surface area contributed by atoms with Crippen molar-refractivity contribution in [3.05, 3.63) is 35.0 Å². The van der Waals surface area contributed by atoms with E-state index in [0.29, 0.717) is 12.4 Å². The van der Waals surface area contributed by atoms with Crippen LogP contribution in [0.4, 0.5) is 0 Å². The van der Waals surface area contributed by atoms with Gasteiger partial charge in [0.1, 0.15) is 23.7 Å². The summed E-state index contributed by atoms with van der Waals surface area (Å²) in [6.45, 7) is 6.86. The Bertz CT molecular complexity index is 1560. The van der Waals surface area contributed by atoms with Gasteiger partial charge in [0.2, 0.25) is 16.5 Å². The number of amides is 2. The standard InChI is InChI=1S/C18H21Cl3N2O8S.C18H28O3S/c1-7-10(5-9(15(26)29-3)16(27)30-4)32-14-11(22-8(2)24)13(25)23(14)12(7)17(28)31-6-18(19,20)21;1-3-4-5-6-7-8-11-22(19)15(2)12-16-9-10-17-18(13-16)21-14-20-17/h9-11,14H,5-6H2,1-4H3,(H,22,24);9-10,13,15H,3-8,11-12,14H2,1-2H3/t10?,11?,14-;/m1./s1. The number of thioether (sulfide) groups is 1. The second-order valence-electron chi connectivity index (χ2n) is 13.0. The van der Waals surface area contributed by atoms with Crippen LogP contribution in [0.15, 0.2) is 29.5 Å². The average molecular weight is 856 g/mol. The first-order valence-electron chi connectivity index (χ1n) is 17.6. The van der Waals surface area contributed by atoms with Crippen LogP contribution >= 0.6 is 46.6 Å². The Morgan fingerprint density at radius 2 is 1.67 bits per heavy atom. The molecular weight excluding hydrogens is 807 g/mol. The normalized spacial score (nSPS) is 19.9. The average Bonchev–Trinajstić information content (AvgIpc) is 3.61. The molecule has 18 heteroatoms. The molecule has 1 aromatic rings. The van der Waals surface area contributed by atoms with Crippen molar-refractivity contribution in [2.24, 2.45) is 5.92 Å². The van der Waals surface area contributed by atoms with E-state index < -0.39 is 73.5 Å². The minimum atomic E-state index is -1.87. The predicted molar refractivity (Wildman–Crippen MR) is 208 cm³/mol. The van der Waals surface area contributed by atoms with Gasteiger partial charge in [-0.3, -0.25) is 28.3 Å². The number of alkyl halides is 3. The number of hydrogen-bond donors (Lipinski definition) is 1. The second-order valence-corrected chi connectivity index (χ2v) is 18.8. The molecule has 3 aliphatic heterocycles. The van der Waals surface area contributed by atoms with Crippen LogP contribution in [0.1, 0.15) is 78.2 Å². The molecule has 3 aliphatic rings. The lowest BCUT2D eigenvalue weighted by atomic mass is 9.95. The molecule has 4 rings (SSSR count). The summed E-state index contributed by atoms with van der Waals surface area (Å²) in [5.41, 5.74) is 1.44. The zero-order valence-corrected chi connectivity index (χ0v) is 35.2. The molecule has 0 bridgehead atoms. The molecule has 1 N–H and O–H groups in total. The highest BCUT2D eigenvalue weighted by atomic mass is 35.6. The second kappa shape index (κ2) is 21.5. The molecule has 0 aliphatic carbocycles. The van der Waals surface area contributed by atoms with E-state index in [2.05, 4.69) is 19.2 Å². The highest BCUT2D eigenvalue weighted by Gasteiger charge is 2.56. The summed E-state index contributed by atoms with van der Waals surface area (Å²) in [6.07, 6.45) is 8.24. The first-order chi connectivity index (χ1) is 25.5. The molecule has 0 saturated carbocycles. The van der Waals surface area contributed by atoms with Crippen molar-refractivity contribution < 1.29 is 51.9 Å². The number of esters is 3. The Balaban J connectivity index is 0.000000311. The molecule has 302 valence electrons. The number of rotatable bonds is 17. The Morgan fingerprint density at radius 3 is 2.28 bits per heavy atom. The van der Waals surface area contributed by atoms with Crippen LogP contribution in [0.5, 0.6) is 11.5 Å². The van der Waals surface area contributed by atoms with E-state index in [1.807, 2.05) is 18.2 Å². The van der Waals surface area contributed by atoms with E-state index in [1.165, 1.54) is 61.3 Å². The van der Waals surface area contributed by atoms with Gasteiger partial charge in [-0.1, -0.05) is 86.8 Å².